The van der Waals surface area contributed by atoms with Crippen LogP contribution in [0.1, 0.15) is 26.3 Å². The number of carbonyl (C=O) groups is 2. The lowest BCUT2D eigenvalue weighted by Crippen LogP contribution is -2.61. The zero-order chi connectivity index (χ0) is 17.5. The van der Waals surface area contributed by atoms with E-state index in [9.17, 15) is 14.7 Å². The molecule has 130 valence electrons. The van der Waals surface area contributed by atoms with Crippen molar-refractivity contribution < 1.29 is 19.4 Å². The zero-order valence-corrected chi connectivity index (χ0v) is 14.1. The highest BCUT2D eigenvalue weighted by atomic mass is 16.6. The van der Waals surface area contributed by atoms with Crippen LogP contribution in [-0.4, -0.2) is 58.3 Å². The molecule has 1 saturated heterocycles. The summed E-state index contributed by atoms with van der Waals surface area (Å²) in [6.07, 6.45) is 1.18. The van der Waals surface area contributed by atoms with E-state index in [1.54, 1.807) is 17.2 Å². The molecule has 0 spiro atoms. The average molecular weight is 334 g/mol. The molecule has 2 N–H and O–H groups in total. The van der Waals surface area contributed by atoms with Gasteiger partial charge in [-0.15, -0.1) is 0 Å². The van der Waals surface area contributed by atoms with Gasteiger partial charge in [-0.05, 0) is 32.4 Å². The van der Waals surface area contributed by atoms with Crippen LogP contribution in [0.2, 0.25) is 0 Å². The minimum atomic E-state index is -0.572. The van der Waals surface area contributed by atoms with Gasteiger partial charge >= 0.3 is 6.09 Å². The van der Waals surface area contributed by atoms with Crippen molar-refractivity contribution in [1.82, 2.24) is 9.88 Å². The summed E-state index contributed by atoms with van der Waals surface area (Å²) >= 11 is 0. The molecule has 2 aliphatic heterocycles. The molecule has 0 aliphatic carbocycles. The second-order valence-electron chi connectivity index (χ2n) is 7.00. The van der Waals surface area contributed by atoms with E-state index < -0.39 is 17.7 Å². The Balaban J connectivity index is 1.79. The Kier molecular flexibility index (Phi) is 4.08. The van der Waals surface area contributed by atoms with Crippen molar-refractivity contribution in [3.63, 3.8) is 0 Å². The van der Waals surface area contributed by atoms with Crippen molar-refractivity contribution in [3.8, 4) is 0 Å². The molecule has 3 rings (SSSR count). The van der Waals surface area contributed by atoms with E-state index in [0.29, 0.717) is 30.2 Å². The van der Waals surface area contributed by atoms with Crippen LogP contribution in [0.25, 0.3) is 0 Å². The van der Waals surface area contributed by atoms with E-state index >= 15 is 0 Å². The Morgan fingerprint density at radius 1 is 1.46 bits per heavy atom. The molecule has 1 atom stereocenters. The maximum atomic E-state index is 12.4. The van der Waals surface area contributed by atoms with Crippen molar-refractivity contribution in [2.45, 2.75) is 39.0 Å². The fourth-order valence-corrected chi connectivity index (χ4v) is 2.88. The number of hydrogen-bond acceptors (Lipinski definition) is 6. The van der Waals surface area contributed by atoms with Gasteiger partial charge < -0.3 is 25.0 Å². The van der Waals surface area contributed by atoms with Gasteiger partial charge in [-0.3, -0.25) is 4.79 Å². The van der Waals surface area contributed by atoms with Crippen LogP contribution in [0, 0.1) is 0 Å². The summed E-state index contributed by atoms with van der Waals surface area (Å²) < 4.78 is 5.39. The lowest BCUT2D eigenvalue weighted by molar-refractivity contribution is -0.118. The topological polar surface area (TPSA) is 95.0 Å². The molecule has 0 bridgehead atoms. The normalized spacial score (nSPS) is 20.2. The Hall–Kier alpha value is -2.35. The number of aliphatic hydroxyl groups is 1. The minimum Gasteiger partial charge on any atom is -0.444 e. The molecule has 8 nitrogen and oxygen atoms in total. The molecule has 1 fully saturated rings. The minimum absolute atomic E-state index is 0.133. The number of fused-ring (bicyclic) bond motifs is 3. The number of nitrogens with zero attached hydrogens (tertiary/aromatic N) is 3. The molecule has 2 amide bonds. The van der Waals surface area contributed by atoms with Gasteiger partial charge in [0.1, 0.15) is 11.6 Å². The number of rotatable bonds is 1. The fourth-order valence-electron chi connectivity index (χ4n) is 2.88. The van der Waals surface area contributed by atoms with E-state index in [1.807, 2.05) is 25.7 Å². The third-order valence-corrected chi connectivity index (χ3v) is 3.97. The molecule has 2 aliphatic rings. The molecule has 0 radical (unpaired) electrons. The number of amides is 2. The highest BCUT2D eigenvalue weighted by Gasteiger charge is 2.40. The highest BCUT2D eigenvalue weighted by Crippen LogP contribution is 2.32. The highest BCUT2D eigenvalue weighted by molar-refractivity contribution is 6.03. The second kappa shape index (κ2) is 5.94. The Morgan fingerprint density at radius 2 is 2.21 bits per heavy atom. The Labute approximate surface area is 140 Å². The summed E-state index contributed by atoms with van der Waals surface area (Å²) in [7, 11) is 0. The van der Waals surface area contributed by atoms with Crippen LogP contribution >= 0.6 is 0 Å². The van der Waals surface area contributed by atoms with Gasteiger partial charge in [-0.1, -0.05) is 0 Å². The molecule has 1 aromatic rings. The smallest absolute Gasteiger partial charge is 0.410 e. The third-order valence-electron chi connectivity index (χ3n) is 3.97. The third kappa shape index (κ3) is 3.14. The number of ether oxygens (including phenoxy) is 1. The first-order chi connectivity index (χ1) is 11.3. The molecular formula is C16H22N4O4. The number of hydrogen-bond donors (Lipinski definition) is 2. The first kappa shape index (κ1) is 16.5. The number of anilines is 2. The van der Waals surface area contributed by atoms with Crippen LogP contribution in [-0.2, 0) is 16.1 Å². The summed E-state index contributed by atoms with van der Waals surface area (Å²) in [6, 6.07) is 1.22. The van der Waals surface area contributed by atoms with Gasteiger partial charge in [0, 0.05) is 19.3 Å². The number of piperazine rings is 1. The van der Waals surface area contributed by atoms with Crippen LogP contribution < -0.4 is 10.2 Å². The lowest BCUT2D eigenvalue weighted by Gasteiger charge is -2.44. The number of aromatic nitrogens is 1. The molecule has 1 unspecified atom stereocenters. The monoisotopic (exact) mass is 334 g/mol. The summed E-state index contributed by atoms with van der Waals surface area (Å²) in [4.78, 5) is 32.5. The summed E-state index contributed by atoms with van der Waals surface area (Å²) in [6.45, 7) is 6.51. The maximum absolute atomic E-state index is 12.4. The molecule has 24 heavy (non-hydrogen) atoms. The zero-order valence-electron chi connectivity index (χ0n) is 14.1. The number of pyridine rings is 1. The van der Waals surface area contributed by atoms with Gasteiger partial charge in [0.25, 0.3) is 0 Å². The van der Waals surface area contributed by atoms with Crippen molar-refractivity contribution in [1.29, 1.82) is 0 Å². The van der Waals surface area contributed by atoms with Crippen LogP contribution in [0.5, 0.6) is 0 Å². The summed E-state index contributed by atoms with van der Waals surface area (Å²) in [5.74, 6) is 0.480. The second-order valence-corrected chi connectivity index (χ2v) is 7.00. The molecule has 0 aromatic carbocycles. The standard InChI is InChI=1S/C16H22N4O4/c1-16(2,3)24-15(23)19-4-5-20-12(8-19)14(22)18-11-6-10(9-21)7-17-13(11)20/h6-7,12,21H,4-5,8-9H2,1-3H3,(H,18,22). The predicted octanol–water partition coefficient (Wildman–Crippen LogP) is 0.952. The van der Waals surface area contributed by atoms with Crippen molar-refractivity contribution >= 4 is 23.5 Å². The first-order valence-electron chi connectivity index (χ1n) is 7.94. The molecule has 3 heterocycles. The average Bonchev–Trinajstić information content (AvgIpc) is 2.52. The quantitative estimate of drug-likeness (QED) is 0.794. The Bertz CT molecular complexity index is 671. The maximum Gasteiger partial charge on any atom is 0.410 e. The van der Waals surface area contributed by atoms with E-state index in [4.69, 9.17) is 4.74 Å². The van der Waals surface area contributed by atoms with Crippen LogP contribution in [0.4, 0.5) is 16.3 Å². The largest absolute Gasteiger partial charge is 0.444 e. The lowest BCUT2D eigenvalue weighted by atomic mass is 10.1. The van der Waals surface area contributed by atoms with Crippen LogP contribution in [0.15, 0.2) is 12.3 Å². The van der Waals surface area contributed by atoms with Gasteiger partial charge in [-0.2, -0.15) is 0 Å². The van der Waals surface area contributed by atoms with Crippen LogP contribution in [0.3, 0.4) is 0 Å². The SMILES string of the molecule is CC(C)(C)OC(=O)N1CCN2c3ncc(CO)cc3NC(=O)C2C1. The van der Waals surface area contributed by atoms with Gasteiger partial charge in [0.15, 0.2) is 5.82 Å². The van der Waals surface area contributed by atoms with E-state index in [-0.39, 0.29) is 19.1 Å². The van der Waals surface area contributed by atoms with Crippen molar-refractivity contribution in [3.05, 3.63) is 17.8 Å². The van der Waals surface area contributed by atoms with Gasteiger partial charge in [0.05, 0.1) is 18.8 Å². The molecule has 0 saturated carbocycles. The summed E-state index contributed by atoms with van der Waals surface area (Å²) in [5, 5.41) is 12.0. The predicted molar refractivity (Wildman–Crippen MR) is 87.7 cm³/mol. The van der Waals surface area contributed by atoms with E-state index in [1.165, 1.54) is 0 Å². The van der Waals surface area contributed by atoms with Gasteiger partial charge in [-0.25, -0.2) is 9.78 Å². The molecular weight excluding hydrogens is 312 g/mol. The number of carbonyl (C=O) groups excluding carboxylic acids is 2. The van der Waals surface area contributed by atoms with Crippen molar-refractivity contribution in [2.75, 3.05) is 29.9 Å². The molecule has 8 heteroatoms. The van der Waals surface area contributed by atoms with Gasteiger partial charge in [0.2, 0.25) is 5.91 Å². The van der Waals surface area contributed by atoms with E-state index in [0.717, 1.165) is 0 Å². The van der Waals surface area contributed by atoms with Crippen molar-refractivity contribution in [2.24, 2.45) is 0 Å². The fraction of sp³-hybridized carbons (Fsp3) is 0.562. The Morgan fingerprint density at radius 3 is 2.88 bits per heavy atom. The summed E-state index contributed by atoms with van der Waals surface area (Å²) in [5.41, 5.74) is 0.658. The molecule has 1 aromatic heterocycles. The number of nitrogens with one attached hydrogen (secondary N) is 1. The first-order valence-corrected chi connectivity index (χ1v) is 7.94. The van der Waals surface area contributed by atoms with E-state index in [2.05, 4.69) is 10.3 Å². The number of aliphatic hydroxyl groups excluding tert-OH is 1.